The van der Waals surface area contributed by atoms with Crippen molar-refractivity contribution in [2.75, 3.05) is 0 Å². The number of hydrogen-bond donors (Lipinski definition) is 0. The van der Waals surface area contributed by atoms with Gasteiger partial charge in [0.05, 0.1) is 22.2 Å². The summed E-state index contributed by atoms with van der Waals surface area (Å²) in [5.74, 6) is 1.91. The van der Waals surface area contributed by atoms with Crippen molar-refractivity contribution in [2.24, 2.45) is 0 Å². The molecule has 0 amide bonds. The molecule has 0 saturated carbocycles. The summed E-state index contributed by atoms with van der Waals surface area (Å²) in [5.41, 5.74) is 11.5. The van der Waals surface area contributed by atoms with Gasteiger partial charge >= 0.3 is 0 Å². The summed E-state index contributed by atoms with van der Waals surface area (Å²) in [6, 6.07) is 74.5. The molecule has 0 radical (unpaired) electrons. The topological polar surface area (TPSA) is 56.5 Å². The lowest BCUT2D eigenvalue weighted by Crippen LogP contribution is -2.00. The number of fused-ring (bicyclic) bond motifs is 8. The molecule has 5 nitrogen and oxygen atoms in total. The van der Waals surface area contributed by atoms with E-state index in [2.05, 4.69) is 156 Å². The summed E-state index contributed by atoms with van der Waals surface area (Å²) in [4.78, 5) is 20.6. The van der Waals surface area contributed by atoms with E-state index in [4.69, 9.17) is 19.9 Å². The second-order valence-electron chi connectivity index (χ2n) is 15.4. The van der Waals surface area contributed by atoms with E-state index in [-0.39, 0.29) is 0 Å². The fraction of sp³-hybridized carbons (Fsp3) is 0. The molecule has 0 bridgehead atoms. The van der Waals surface area contributed by atoms with Crippen LogP contribution >= 0.6 is 0 Å². The minimum atomic E-state index is 0.633. The Hall–Kier alpha value is -8.28. The number of rotatable bonds is 6. The first kappa shape index (κ1) is 34.7. The van der Waals surface area contributed by atoms with Gasteiger partial charge in [-0.05, 0) is 58.3 Å². The smallest absolute Gasteiger partial charge is 0.164 e. The van der Waals surface area contributed by atoms with Gasteiger partial charge in [-0.25, -0.2) is 19.9 Å². The minimum absolute atomic E-state index is 0.633. The van der Waals surface area contributed by atoms with E-state index >= 15 is 0 Å². The maximum atomic E-state index is 5.50. The van der Waals surface area contributed by atoms with Crippen LogP contribution in [-0.2, 0) is 0 Å². The summed E-state index contributed by atoms with van der Waals surface area (Å²) < 4.78 is 2.39. The van der Waals surface area contributed by atoms with Crippen LogP contribution in [0.15, 0.2) is 212 Å². The van der Waals surface area contributed by atoms with Gasteiger partial charge in [-0.2, -0.15) is 0 Å². The van der Waals surface area contributed by atoms with Gasteiger partial charge in [-0.3, -0.25) is 0 Å². The SMILES string of the molecule is c1ccc(-c2nc(-c3ccccc3)nc(-c3ccc(-c4ccc5c(c4)nc(-c4ccccc4)c4ccc6c(c7ccccc7n6-c6ccccc6)c45)c4ccccc34)n2)cc1. The first-order chi connectivity index (χ1) is 30.3. The van der Waals surface area contributed by atoms with Gasteiger partial charge in [0.1, 0.15) is 0 Å². The van der Waals surface area contributed by atoms with Crippen LogP contribution < -0.4 is 0 Å². The Balaban J connectivity index is 1.09. The molecule has 5 heteroatoms. The van der Waals surface area contributed by atoms with E-state index in [0.29, 0.717) is 17.5 Å². The predicted molar refractivity (Wildman–Crippen MR) is 252 cm³/mol. The van der Waals surface area contributed by atoms with E-state index in [1.165, 1.54) is 27.2 Å². The van der Waals surface area contributed by atoms with Crippen LogP contribution in [0.1, 0.15) is 0 Å². The lowest BCUT2D eigenvalue weighted by molar-refractivity contribution is 1.08. The van der Waals surface area contributed by atoms with Crippen LogP contribution in [0.4, 0.5) is 0 Å². The van der Waals surface area contributed by atoms with Crippen molar-refractivity contribution in [1.29, 1.82) is 0 Å². The zero-order valence-corrected chi connectivity index (χ0v) is 32.9. The van der Waals surface area contributed by atoms with E-state index in [9.17, 15) is 0 Å². The van der Waals surface area contributed by atoms with E-state index in [1.807, 2.05) is 60.7 Å². The highest BCUT2D eigenvalue weighted by Gasteiger charge is 2.21. The van der Waals surface area contributed by atoms with Crippen LogP contribution in [-0.4, -0.2) is 24.5 Å². The van der Waals surface area contributed by atoms with Gasteiger partial charge in [-0.15, -0.1) is 0 Å². The lowest BCUT2D eigenvalue weighted by atomic mass is 9.92. The quantitative estimate of drug-likeness (QED) is 0.158. The summed E-state index contributed by atoms with van der Waals surface area (Å²) >= 11 is 0. The monoisotopic (exact) mass is 777 g/mol. The van der Waals surface area contributed by atoms with Crippen LogP contribution in [0, 0.1) is 0 Å². The molecule has 0 aliphatic rings. The number of benzene rings is 9. The standard InChI is InChI=1S/C56H35N5/c1-5-17-36(18-6-1)53-47-33-34-50-52(46-27-15-16-28-49(46)61(50)40-23-11-4-12-24-40)51(47)45-30-29-39(35-48(45)57-53)41-31-32-44(43-26-14-13-25-42(41)43)56-59-54(37-19-7-2-8-20-37)58-55(60-56)38-21-9-3-10-22-38/h1-35H. The molecule has 0 aliphatic carbocycles. The zero-order valence-electron chi connectivity index (χ0n) is 32.9. The second kappa shape index (κ2) is 14.2. The predicted octanol–water partition coefficient (Wildman–Crippen LogP) is 14.2. The number of nitrogens with zero attached hydrogens (tertiary/aromatic N) is 5. The van der Waals surface area contributed by atoms with Crippen molar-refractivity contribution in [3.8, 4) is 62.2 Å². The fourth-order valence-corrected chi connectivity index (χ4v) is 9.07. The van der Waals surface area contributed by atoms with Gasteiger partial charge < -0.3 is 4.57 Å². The summed E-state index contributed by atoms with van der Waals surface area (Å²) in [6.07, 6.45) is 0. The molecule has 3 heterocycles. The van der Waals surface area contributed by atoms with E-state index in [1.54, 1.807) is 0 Å². The molecule has 61 heavy (non-hydrogen) atoms. The fourth-order valence-electron chi connectivity index (χ4n) is 9.07. The summed E-state index contributed by atoms with van der Waals surface area (Å²) in [5, 5.41) is 8.08. The van der Waals surface area contributed by atoms with E-state index in [0.717, 1.165) is 71.8 Å². The number of para-hydroxylation sites is 2. The average Bonchev–Trinajstić information content (AvgIpc) is 3.68. The highest BCUT2D eigenvalue weighted by Crippen LogP contribution is 2.44. The Labute approximate surface area is 351 Å². The molecule has 0 saturated heterocycles. The minimum Gasteiger partial charge on any atom is -0.309 e. The Bertz CT molecular complexity index is 3560. The van der Waals surface area contributed by atoms with Crippen molar-refractivity contribution in [3.63, 3.8) is 0 Å². The molecule has 3 aromatic heterocycles. The van der Waals surface area contributed by atoms with Gasteiger partial charge in [0, 0.05) is 54.9 Å². The van der Waals surface area contributed by atoms with Gasteiger partial charge in [-0.1, -0.05) is 176 Å². The second-order valence-corrected chi connectivity index (χ2v) is 15.4. The first-order valence-corrected chi connectivity index (χ1v) is 20.6. The summed E-state index contributed by atoms with van der Waals surface area (Å²) in [6.45, 7) is 0. The molecule has 0 atom stereocenters. The van der Waals surface area contributed by atoms with E-state index < -0.39 is 0 Å². The van der Waals surface area contributed by atoms with Crippen LogP contribution in [0.3, 0.4) is 0 Å². The number of hydrogen-bond acceptors (Lipinski definition) is 4. The molecule has 12 rings (SSSR count). The molecule has 9 aromatic carbocycles. The maximum absolute atomic E-state index is 5.50. The molecule has 284 valence electrons. The molecular weight excluding hydrogens is 743 g/mol. The molecule has 0 unspecified atom stereocenters. The van der Waals surface area contributed by atoms with Crippen molar-refractivity contribution in [1.82, 2.24) is 24.5 Å². The zero-order chi connectivity index (χ0) is 40.3. The third kappa shape index (κ3) is 5.78. The Morgan fingerprint density at radius 1 is 0.295 bits per heavy atom. The molecule has 0 fully saturated rings. The van der Waals surface area contributed by atoms with Crippen LogP contribution in [0.25, 0.3) is 116 Å². The molecule has 0 spiro atoms. The van der Waals surface area contributed by atoms with Crippen LogP contribution in [0.2, 0.25) is 0 Å². The largest absolute Gasteiger partial charge is 0.309 e. The number of pyridine rings is 1. The maximum Gasteiger partial charge on any atom is 0.164 e. The third-order valence-corrected chi connectivity index (χ3v) is 11.8. The Kier molecular flexibility index (Phi) is 8.10. The first-order valence-electron chi connectivity index (χ1n) is 20.6. The third-order valence-electron chi connectivity index (χ3n) is 11.8. The van der Waals surface area contributed by atoms with Crippen molar-refractivity contribution < 1.29 is 0 Å². The van der Waals surface area contributed by atoms with Crippen molar-refractivity contribution >= 4 is 54.3 Å². The normalized spacial score (nSPS) is 11.6. The molecular formula is C56H35N5. The Morgan fingerprint density at radius 2 is 0.820 bits per heavy atom. The van der Waals surface area contributed by atoms with Crippen LogP contribution in [0.5, 0.6) is 0 Å². The highest BCUT2D eigenvalue weighted by molar-refractivity contribution is 6.29. The van der Waals surface area contributed by atoms with Gasteiger partial charge in [0.15, 0.2) is 17.5 Å². The van der Waals surface area contributed by atoms with Crippen molar-refractivity contribution in [2.45, 2.75) is 0 Å². The number of aromatic nitrogens is 5. The van der Waals surface area contributed by atoms with Crippen molar-refractivity contribution in [3.05, 3.63) is 212 Å². The highest BCUT2D eigenvalue weighted by atomic mass is 15.0. The molecule has 0 aliphatic heterocycles. The van der Waals surface area contributed by atoms with Gasteiger partial charge in [0.25, 0.3) is 0 Å². The van der Waals surface area contributed by atoms with Gasteiger partial charge in [0.2, 0.25) is 0 Å². The average molecular weight is 778 g/mol. The molecule has 0 N–H and O–H groups in total. The lowest BCUT2D eigenvalue weighted by Gasteiger charge is -2.15. The summed E-state index contributed by atoms with van der Waals surface area (Å²) in [7, 11) is 0. The Morgan fingerprint density at radius 3 is 1.49 bits per heavy atom. The molecule has 12 aromatic rings.